The fourth-order valence-corrected chi connectivity index (χ4v) is 4.22. The molecular weight excluding hydrogens is 394 g/mol. The molecule has 1 fully saturated rings. The van der Waals surface area contributed by atoms with Gasteiger partial charge in [0.15, 0.2) is 5.76 Å². The van der Waals surface area contributed by atoms with Crippen molar-refractivity contribution in [2.75, 3.05) is 13.2 Å². The number of hydrogen-bond acceptors (Lipinski definition) is 5. The highest BCUT2D eigenvalue weighted by atomic mass is 16.5. The molecule has 0 saturated carbocycles. The average molecular weight is 417 g/mol. The average Bonchev–Trinajstić information content (AvgIpc) is 3.12. The van der Waals surface area contributed by atoms with Crippen LogP contribution in [0.3, 0.4) is 0 Å². The molecule has 0 radical (unpaired) electrons. The molecule has 1 aliphatic rings. The predicted molar refractivity (Wildman–Crippen MR) is 118 cm³/mol. The van der Waals surface area contributed by atoms with Crippen molar-refractivity contribution in [1.29, 1.82) is 0 Å². The molecule has 3 heterocycles. The minimum absolute atomic E-state index is 0.00130. The Hall–Kier alpha value is -3.38. The number of aryl methyl sites for hydroxylation is 2. The van der Waals surface area contributed by atoms with E-state index in [2.05, 4.69) is 0 Å². The number of rotatable bonds is 4. The second-order valence-electron chi connectivity index (χ2n) is 7.95. The van der Waals surface area contributed by atoms with E-state index in [-0.39, 0.29) is 11.7 Å². The van der Waals surface area contributed by atoms with Crippen LogP contribution in [-0.4, -0.2) is 35.4 Å². The fourth-order valence-electron chi connectivity index (χ4n) is 4.22. The number of nitrogens with zero attached hydrogens (tertiary/aromatic N) is 1. The van der Waals surface area contributed by atoms with E-state index in [0.717, 1.165) is 34.9 Å². The second kappa shape index (κ2) is 7.71. The lowest BCUT2D eigenvalue weighted by Gasteiger charge is -2.24. The molecule has 1 aliphatic heterocycles. The van der Waals surface area contributed by atoms with Crippen molar-refractivity contribution in [3.8, 4) is 17.2 Å². The maximum atomic E-state index is 12.3. The number of carboxylic acid groups (broad SMARTS) is 1. The highest BCUT2D eigenvalue weighted by molar-refractivity contribution is 6.07. The number of benzene rings is 2. The number of fused-ring (bicyclic) bond motifs is 2. The number of aromatic nitrogens is 1. The molecule has 0 bridgehead atoms. The van der Waals surface area contributed by atoms with Gasteiger partial charge in [0.1, 0.15) is 23.1 Å². The number of carbonyl (C=O) groups is 1. The van der Waals surface area contributed by atoms with E-state index >= 15 is 0 Å². The molecule has 1 N–H and O–H groups in total. The third kappa shape index (κ3) is 3.43. The lowest BCUT2D eigenvalue weighted by Crippen LogP contribution is -2.26. The molecule has 5 rings (SSSR count). The molecule has 1 saturated heterocycles. The van der Waals surface area contributed by atoms with Gasteiger partial charge >= 0.3 is 5.97 Å². The van der Waals surface area contributed by atoms with Crippen LogP contribution in [0.25, 0.3) is 33.3 Å². The molecule has 0 amide bonds. The van der Waals surface area contributed by atoms with Crippen LogP contribution in [0.15, 0.2) is 46.9 Å². The van der Waals surface area contributed by atoms with Gasteiger partial charge in [0.25, 0.3) is 0 Å². The van der Waals surface area contributed by atoms with Gasteiger partial charge in [0.05, 0.1) is 29.7 Å². The summed E-state index contributed by atoms with van der Waals surface area (Å²) in [5.41, 5.74) is 3.84. The van der Waals surface area contributed by atoms with Gasteiger partial charge in [-0.15, -0.1) is 0 Å². The standard InChI is InChI=1S/C25H23NO5/c1-14-7-8-21(30-16-9-11-29-12-10-16)22-18(25(27)28)13-19(26-23(14)22)24-15(2)17-5-3-4-6-20(17)31-24/h3-8,13,16H,9-12H2,1-2H3,(H,27,28). The Kier molecular flexibility index (Phi) is 4.87. The zero-order valence-corrected chi connectivity index (χ0v) is 17.5. The highest BCUT2D eigenvalue weighted by Gasteiger charge is 2.23. The van der Waals surface area contributed by atoms with Gasteiger partial charge in [0.2, 0.25) is 0 Å². The van der Waals surface area contributed by atoms with Gasteiger partial charge in [-0.25, -0.2) is 9.78 Å². The second-order valence-corrected chi connectivity index (χ2v) is 7.95. The number of pyridine rings is 1. The van der Waals surface area contributed by atoms with E-state index in [9.17, 15) is 9.90 Å². The molecule has 0 unspecified atom stereocenters. The van der Waals surface area contributed by atoms with E-state index in [1.54, 1.807) is 6.07 Å². The van der Waals surface area contributed by atoms with Gasteiger partial charge in [-0.1, -0.05) is 24.3 Å². The monoisotopic (exact) mass is 417 g/mol. The van der Waals surface area contributed by atoms with Gasteiger partial charge in [0, 0.05) is 23.8 Å². The van der Waals surface area contributed by atoms with Crippen LogP contribution >= 0.6 is 0 Å². The molecular formula is C25H23NO5. The summed E-state index contributed by atoms with van der Waals surface area (Å²) < 4.78 is 17.7. The molecule has 0 spiro atoms. The summed E-state index contributed by atoms with van der Waals surface area (Å²) in [6.07, 6.45) is 1.56. The largest absolute Gasteiger partial charge is 0.490 e. The highest BCUT2D eigenvalue weighted by Crippen LogP contribution is 2.37. The summed E-state index contributed by atoms with van der Waals surface area (Å²) in [6, 6.07) is 13.1. The van der Waals surface area contributed by atoms with Crippen molar-refractivity contribution in [3.05, 3.63) is 59.2 Å². The van der Waals surface area contributed by atoms with Crippen LogP contribution in [0.5, 0.6) is 5.75 Å². The number of aromatic carboxylic acids is 1. The summed E-state index contributed by atoms with van der Waals surface area (Å²) in [7, 11) is 0. The van der Waals surface area contributed by atoms with Crippen LogP contribution in [0.4, 0.5) is 0 Å². The first-order valence-electron chi connectivity index (χ1n) is 10.4. The Bertz CT molecular complexity index is 1300. The van der Waals surface area contributed by atoms with E-state index in [0.29, 0.717) is 41.3 Å². The topological polar surface area (TPSA) is 81.8 Å². The van der Waals surface area contributed by atoms with Crippen molar-refractivity contribution in [2.45, 2.75) is 32.8 Å². The Morgan fingerprint density at radius 1 is 1.13 bits per heavy atom. The third-order valence-corrected chi connectivity index (χ3v) is 5.89. The van der Waals surface area contributed by atoms with Crippen molar-refractivity contribution in [2.24, 2.45) is 0 Å². The number of para-hydroxylation sites is 1. The Morgan fingerprint density at radius 2 is 1.90 bits per heavy atom. The maximum absolute atomic E-state index is 12.3. The number of carboxylic acids is 1. The van der Waals surface area contributed by atoms with Gasteiger partial charge in [-0.05, 0) is 37.6 Å². The first-order chi connectivity index (χ1) is 15.0. The summed E-state index contributed by atoms with van der Waals surface area (Å²) in [6.45, 7) is 5.18. The molecule has 6 nitrogen and oxygen atoms in total. The van der Waals surface area contributed by atoms with Crippen LogP contribution in [0.2, 0.25) is 0 Å². The smallest absolute Gasteiger partial charge is 0.336 e. The molecule has 158 valence electrons. The van der Waals surface area contributed by atoms with E-state index < -0.39 is 5.97 Å². The summed E-state index contributed by atoms with van der Waals surface area (Å²) in [5, 5.41) is 11.6. The quantitative estimate of drug-likeness (QED) is 0.471. The molecule has 0 atom stereocenters. The van der Waals surface area contributed by atoms with Crippen LogP contribution in [0, 0.1) is 13.8 Å². The van der Waals surface area contributed by atoms with Crippen LogP contribution < -0.4 is 4.74 Å². The summed E-state index contributed by atoms with van der Waals surface area (Å²) in [5.74, 6) is 0.107. The Labute approximate surface area is 179 Å². The van der Waals surface area contributed by atoms with E-state index in [4.69, 9.17) is 18.9 Å². The normalized spacial score (nSPS) is 14.9. The Balaban J connectivity index is 1.71. The molecule has 31 heavy (non-hydrogen) atoms. The first-order valence-corrected chi connectivity index (χ1v) is 10.4. The zero-order chi connectivity index (χ0) is 21.5. The predicted octanol–water partition coefficient (Wildman–Crippen LogP) is 5.52. The van der Waals surface area contributed by atoms with E-state index in [1.807, 2.05) is 50.2 Å². The number of hydrogen-bond donors (Lipinski definition) is 1. The van der Waals surface area contributed by atoms with Crippen molar-refractivity contribution in [3.63, 3.8) is 0 Å². The zero-order valence-electron chi connectivity index (χ0n) is 17.5. The fraction of sp³-hybridized carbons (Fsp3) is 0.280. The van der Waals surface area contributed by atoms with Crippen molar-refractivity contribution < 1.29 is 23.8 Å². The molecule has 0 aliphatic carbocycles. The summed E-state index contributed by atoms with van der Waals surface area (Å²) >= 11 is 0. The van der Waals surface area contributed by atoms with Crippen molar-refractivity contribution in [1.82, 2.24) is 4.98 Å². The van der Waals surface area contributed by atoms with E-state index in [1.165, 1.54) is 0 Å². The van der Waals surface area contributed by atoms with Gasteiger partial charge in [-0.2, -0.15) is 0 Å². The molecule has 6 heteroatoms. The summed E-state index contributed by atoms with van der Waals surface area (Å²) in [4.78, 5) is 17.1. The number of furan rings is 1. The van der Waals surface area contributed by atoms with Crippen LogP contribution in [0.1, 0.15) is 34.3 Å². The molecule has 2 aromatic heterocycles. The Morgan fingerprint density at radius 3 is 2.65 bits per heavy atom. The molecule has 2 aromatic carbocycles. The van der Waals surface area contributed by atoms with Crippen molar-refractivity contribution >= 4 is 27.8 Å². The first kappa shape index (κ1) is 19.6. The minimum Gasteiger partial charge on any atom is -0.490 e. The van der Waals surface area contributed by atoms with Gasteiger partial charge < -0.3 is 19.0 Å². The lowest BCUT2D eigenvalue weighted by molar-refractivity contribution is 0.0261. The maximum Gasteiger partial charge on any atom is 0.336 e. The van der Waals surface area contributed by atoms with Crippen LogP contribution in [-0.2, 0) is 4.74 Å². The minimum atomic E-state index is -1.02. The molecule has 4 aromatic rings. The number of ether oxygens (including phenoxy) is 2. The third-order valence-electron chi connectivity index (χ3n) is 5.89. The SMILES string of the molecule is Cc1c(-c2cc(C(=O)O)c3c(OC4CCOCC4)ccc(C)c3n2)oc2ccccc12. The lowest BCUT2D eigenvalue weighted by atomic mass is 10.0. The van der Waals surface area contributed by atoms with Gasteiger partial charge in [-0.3, -0.25) is 0 Å².